The highest BCUT2D eigenvalue weighted by Gasteiger charge is 2.27. The average Bonchev–Trinajstić information content (AvgIpc) is 2.78. The van der Waals surface area contributed by atoms with E-state index in [9.17, 15) is 13.2 Å². The first-order chi connectivity index (χ1) is 14.9. The van der Waals surface area contributed by atoms with Crippen molar-refractivity contribution in [1.82, 2.24) is 5.32 Å². The molecule has 3 aromatic rings. The molecule has 0 aromatic heterocycles. The normalized spacial score (nSPS) is 11.0. The Hall–Kier alpha value is -2.84. The fourth-order valence-electron chi connectivity index (χ4n) is 2.99. The molecule has 3 aromatic carbocycles. The molecule has 0 unspecified atom stereocenters. The maximum atomic E-state index is 13.3. The number of hydrogen-bond acceptors (Lipinski definition) is 4. The van der Waals surface area contributed by atoms with E-state index < -0.39 is 10.0 Å². The lowest BCUT2D eigenvalue weighted by Crippen LogP contribution is -2.41. The number of carbonyl (C=O) groups excluding carboxylic acids is 1. The molecule has 0 fully saturated rings. The number of hydrogen-bond donors (Lipinski definition) is 1. The van der Waals surface area contributed by atoms with Crippen molar-refractivity contribution in [3.63, 3.8) is 0 Å². The minimum Gasteiger partial charge on any atom is -0.497 e. The zero-order valence-corrected chi connectivity index (χ0v) is 19.4. The predicted molar refractivity (Wildman–Crippen MR) is 125 cm³/mol. The van der Waals surface area contributed by atoms with Gasteiger partial charge in [-0.1, -0.05) is 52.3 Å². The van der Waals surface area contributed by atoms with Gasteiger partial charge in [-0.15, -0.1) is 0 Å². The van der Waals surface area contributed by atoms with Crippen molar-refractivity contribution in [1.29, 1.82) is 0 Å². The molecular formula is C23H23BrN2O4S. The molecule has 8 heteroatoms. The maximum absolute atomic E-state index is 13.3. The van der Waals surface area contributed by atoms with Crippen LogP contribution in [0.3, 0.4) is 0 Å². The molecule has 3 rings (SSSR count). The lowest BCUT2D eigenvalue weighted by Gasteiger charge is -2.24. The van der Waals surface area contributed by atoms with Gasteiger partial charge in [0, 0.05) is 11.0 Å². The Labute approximate surface area is 191 Å². The summed E-state index contributed by atoms with van der Waals surface area (Å²) in [4.78, 5) is 12.8. The smallest absolute Gasteiger partial charge is 0.264 e. The molecule has 1 N–H and O–H groups in total. The first-order valence-electron chi connectivity index (χ1n) is 9.63. The van der Waals surface area contributed by atoms with Gasteiger partial charge in [-0.25, -0.2) is 8.42 Å². The Balaban J connectivity index is 1.73. The van der Waals surface area contributed by atoms with E-state index >= 15 is 0 Å². The lowest BCUT2D eigenvalue weighted by atomic mass is 10.1. The number of amides is 1. The zero-order valence-electron chi connectivity index (χ0n) is 17.0. The van der Waals surface area contributed by atoms with Gasteiger partial charge in [0.25, 0.3) is 10.0 Å². The van der Waals surface area contributed by atoms with Gasteiger partial charge in [0.2, 0.25) is 5.91 Å². The number of nitrogens with zero attached hydrogens (tertiary/aromatic N) is 1. The molecule has 0 radical (unpaired) electrons. The largest absolute Gasteiger partial charge is 0.497 e. The van der Waals surface area contributed by atoms with E-state index in [1.54, 1.807) is 49.6 Å². The first kappa shape index (κ1) is 22.8. The van der Waals surface area contributed by atoms with Gasteiger partial charge in [0.15, 0.2) is 0 Å². The topological polar surface area (TPSA) is 75.7 Å². The van der Waals surface area contributed by atoms with E-state index in [0.29, 0.717) is 18.7 Å². The van der Waals surface area contributed by atoms with Crippen molar-refractivity contribution in [3.05, 3.63) is 88.9 Å². The third-order valence-corrected chi connectivity index (χ3v) is 6.89. The summed E-state index contributed by atoms with van der Waals surface area (Å²) >= 11 is 3.37. The number of anilines is 1. The van der Waals surface area contributed by atoms with Crippen LogP contribution in [0.4, 0.5) is 5.69 Å². The van der Waals surface area contributed by atoms with Crippen molar-refractivity contribution >= 4 is 37.5 Å². The third kappa shape index (κ3) is 6.08. The van der Waals surface area contributed by atoms with Gasteiger partial charge in [-0.3, -0.25) is 9.10 Å². The predicted octanol–water partition coefficient (Wildman–Crippen LogP) is 4.01. The van der Waals surface area contributed by atoms with Crippen molar-refractivity contribution in [2.75, 3.05) is 24.5 Å². The summed E-state index contributed by atoms with van der Waals surface area (Å²) in [5.74, 6) is 0.386. The number of nitrogens with one attached hydrogen (secondary N) is 1. The number of carbonyl (C=O) groups is 1. The molecular weight excluding hydrogens is 480 g/mol. The van der Waals surface area contributed by atoms with Crippen molar-refractivity contribution in [3.8, 4) is 5.75 Å². The number of ether oxygens (including phenoxy) is 1. The van der Waals surface area contributed by atoms with E-state index in [1.807, 2.05) is 24.3 Å². The number of benzene rings is 3. The molecule has 0 aliphatic heterocycles. The molecule has 0 saturated heterocycles. The van der Waals surface area contributed by atoms with Crippen molar-refractivity contribution in [2.45, 2.75) is 11.3 Å². The fourth-order valence-corrected chi connectivity index (χ4v) is 4.81. The molecule has 31 heavy (non-hydrogen) atoms. The monoisotopic (exact) mass is 502 g/mol. The highest BCUT2D eigenvalue weighted by atomic mass is 79.9. The fraction of sp³-hybridized carbons (Fsp3) is 0.174. The molecule has 0 bridgehead atoms. The van der Waals surface area contributed by atoms with E-state index in [-0.39, 0.29) is 17.3 Å². The number of rotatable bonds is 9. The lowest BCUT2D eigenvalue weighted by molar-refractivity contribution is -0.119. The second kappa shape index (κ2) is 10.5. The third-order valence-electron chi connectivity index (χ3n) is 4.61. The van der Waals surface area contributed by atoms with Crippen LogP contribution in [0.25, 0.3) is 0 Å². The van der Waals surface area contributed by atoms with Gasteiger partial charge in [0.05, 0.1) is 17.7 Å². The SMILES string of the molecule is COc1ccc(CCNC(=O)CN(c2cccc(Br)c2)S(=O)(=O)c2ccccc2)cc1. The summed E-state index contributed by atoms with van der Waals surface area (Å²) in [6, 6.07) is 22.5. The highest BCUT2D eigenvalue weighted by Crippen LogP contribution is 2.26. The Kier molecular flexibility index (Phi) is 7.70. The van der Waals surface area contributed by atoms with Crippen LogP contribution < -0.4 is 14.4 Å². The van der Waals surface area contributed by atoms with Gasteiger partial charge in [0.1, 0.15) is 12.3 Å². The number of halogens is 1. The Bertz CT molecular complexity index is 1120. The van der Waals surface area contributed by atoms with E-state index in [1.165, 1.54) is 12.1 Å². The van der Waals surface area contributed by atoms with Crippen LogP contribution in [0.15, 0.2) is 88.2 Å². The summed E-state index contributed by atoms with van der Waals surface area (Å²) in [5.41, 5.74) is 1.45. The van der Waals surface area contributed by atoms with Crippen molar-refractivity contribution in [2.24, 2.45) is 0 Å². The molecule has 0 saturated carbocycles. The summed E-state index contributed by atoms with van der Waals surface area (Å²) < 4.78 is 33.5. The minimum absolute atomic E-state index is 0.126. The maximum Gasteiger partial charge on any atom is 0.264 e. The minimum atomic E-state index is -3.91. The van der Waals surface area contributed by atoms with E-state index in [0.717, 1.165) is 20.1 Å². The molecule has 0 spiro atoms. The van der Waals surface area contributed by atoms with Crippen LogP contribution in [-0.4, -0.2) is 34.5 Å². The van der Waals surface area contributed by atoms with Crippen LogP contribution >= 0.6 is 15.9 Å². The molecule has 0 aliphatic carbocycles. The second-order valence-corrected chi connectivity index (χ2v) is 9.53. The van der Waals surface area contributed by atoms with Crippen LogP contribution in [0.1, 0.15) is 5.56 Å². The average molecular weight is 503 g/mol. The summed E-state index contributed by atoms with van der Waals surface area (Å²) in [5, 5.41) is 2.81. The van der Waals surface area contributed by atoms with Gasteiger partial charge in [-0.2, -0.15) is 0 Å². The van der Waals surface area contributed by atoms with Crippen LogP contribution in [0.5, 0.6) is 5.75 Å². The molecule has 0 heterocycles. The van der Waals surface area contributed by atoms with Gasteiger partial charge < -0.3 is 10.1 Å². The first-order valence-corrected chi connectivity index (χ1v) is 11.9. The van der Waals surface area contributed by atoms with E-state index in [2.05, 4.69) is 21.2 Å². The summed E-state index contributed by atoms with van der Waals surface area (Å²) in [6.45, 7) is 0.0686. The van der Waals surface area contributed by atoms with E-state index in [4.69, 9.17) is 4.74 Å². The Morgan fingerprint density at radius 3 is 2.35 bits per heavy atom. The summed E-state index contributed by atoms with van der Waals surface area (Å²) in [7, 11) is -2.31. The standard InChI is InChI=1S/C23H23BrN2O4S/c1-30-21-12-10-18(11-13-21)14-15-25-23(27)17-26(20-7-5-6-19(24)16-20)31(28,29)22-8-3-2-4-9-22/h2-13,16H,14-15,17H2,1H3,(H,25,27). The van der Waals surface area contributed by atoms with Crippen LogP contribution in [0.2, 0.25) is 0 Å². The van der Waals surface area contributed by atoms with Crippen LogP contribution in [-0.2, 0) is 21.2 Å². The van der Waals surface area contributed by atoms with Crippen LogP contribution in [0, 0.1) is 0 Å². The quantitative estimate of drug-likeness (QED) is 0.479. The zero-order chi connectivity index (χ0) is 22.3. The Morgan fingerprint density at radius 1 is 1.00 bits per heavy atom. The number of sulfonamides is 1. The molecule has 1 amide bonds. The number of methoxy groups -OCH3 is 1. The van der Waals surface area contributed by atoms with Gasteiger partial charge >= 0.3 is 0 Å². The van der Waals surface area contributed by atoms with Gasteiger partial charge in [-0.05, 0) is 54.4 Å². The highest BCUT2D eigenvalue weighted by molar-refractivity contribution is 9.10. The molecule has 0 atom stereocenters. The molecule has 6 nitrogen and oxygen atoms in total. The summed E-state index contributed by atoms with van der Waals surface area (Å²) in [6.07, 6.45) is 0.623. The molecule has 0 aliphatic rings. The Morgan fingerprint density at radius 2 is 1.71 bits per heavy atom. The second-order valence-electron chi connectivity index (χ2n) is 6.75. The molecule has 162 valence electrons. The van der Waals surface area contributed by atoms with Crippen molar-refractivity contribution < 1.29 is 17.9 Å².